The fourth-order valence-electron chi connectivity index (χ4n) is 3.41. The summed E-state index contributed by atoms with van der Waals surface area (Å²) < 4.78 is 41.5. The van der Waals surface area contributed by atoms with Crippen molar-refractivity contribution in [1.29, 1.82) is 0 Å². The number of hydrogen-bond donors (Lipinski definition) is 1. The number of aromatic nitrogens is 4. The van der Waals surface area contributed by atoms with E-state index in [4.69, 9.17) is 9.66 Å². The second kappa shape index (κ2) is 5.89. The summed E-state index contributed by atoms with van der Waals surface area (Å²) in [5, 5.41) is 9.03. The van der Waals surface area contributed by atoms with Crippen LogP contribution in [0, 0.1) is 11.2 Å². The van der Waals surface area contributed by atoms with Crippen LogP contribution in [0.15, 0.2) is 46.2 Å². The van der Waals surface area contributed by atoms with Gasteiger partial charge in [0.25, 0.3) is 0 Å². The molecule has 0 bridgehead atoms. The Kier molecular flexibility index (Phi) is 3.86. The topological polar surface area (TPSA) is 125 Å². The SMILES string of the molecule is CC1(C)[C@@H](c2ccc(S(N)(=O)=O)cn2)[C@@H]1c1nc(-c2cncc(F)c2)no1. The van der Waals surface area contributed by atoms with E-state index < -0.39 is 15.8 Å². The molecule has 0 spiro atoms. The van der Waals surface area contributed by atoms with Gasteiger partial charge in [0.05, 0.1) is 12.1 Å². The quantitative estimate of drug-likeness (QED) is 0.725. The Balaban J connectivity index is 1.62. The van der Waals surface area contributed by atoms with Crippen molar-refractivity contribution in [2.24, 2.45) is 10.6 Å². The first kappa shape index (κ1) is 17.7. The first-order valence-electron chi connectivity index (χ1n) is 8.11. The molecule has 140 valence electrons. The molecule has 0 aliphatic heterocycles. The highest BCUT2D eigenvalue weighted by Gasteiger charge is 2.62. The van der Waals surface area contributed by atoms with E-state index in [0.29, 0.717) is 17.1 Å². The molecular formula is C17H16FN5O3S. The molecule has 0 saturated heterocycles. The molecule has 0 unspecified atom stereocenters. The number of hydrogen-bond acceptors (Lipinski definition) is 7. The van der Waals surface area contributed by atoms with Gasteiger partial charge in [-0.05, 0) is 23.6 Å². The lowest BCUT2D eigenvalue weighted by Gasteiger charge is -2.03. The molecule has 0 aromatic carbocycles. The summed E-state index contributed by atoms with van der Waals surface area (Å²) in [5.41, 5.74) is 0.931. The van der Waals surface area contributed by atoms with E-state index >= 15 is 0 Å². The third kappa shape index (κ3) is 3.10. The lowest BCUT2D eigenvalue weighted by Crippen LogP contribution is -2.12. The van der Waals surface area contributed by atoms with Crippen LogP contribution in [0.5, 0.6) is 0 Å². The number of rotatable bonds is 4. The number of nitrogens with two attached hydrogens (primary N) is 1. The Morgan fingerprint density at radius 1 is 1.19 bits per heavy atom. The zero-order chi connectivity index (χ0) is 19.4. The summed E-state index contributed by atoms with van der Waals surface area (Å²) in [4.78, 5) is 12.4. The molecule has 4 rings (SSSR count). The fraction of sp³-hybridized carbons (Fsp3) is 0.294. The first-order valence-corrected chi connectivity index (χ1v) is 9.66. The van der Waals surface area contributed by atoms with Crippen LogP contribution >= 0.6 is 0 Å². The van der Waals surface area contributed by atoms with Crippen LogP contribution in [0.25, 0.3) is 11.4 Å². The third-order valence-electron chi connectivity index (χ3n) is 4.90. The summed E-state index contributed by atoms with van der Waals surface area (Å²) in [5.74, 6) is 0.0826. The molecule has 0 amide bonds. The van der Waals surface area contributed by atoms with Crippen molar-refractivity contribution in [2.45, 2.75) is 30.6 Å². The summed E-state index contributed by atoms with van der Waals surface area (Å²) in [6.07, 6.45) is 3.80. The predicted molar refractivity (Wildman–Crippen MR) is 92.4 cm³/mol. The van der Waals surface area contributed by atoms with E-state index in [9.17, 15) is 12.8 Å². The van der Waals surface area contributed by atoms with E-state index in [1.54, 1.807) is 6.07 Å². The molecule has 3 aromatic heterocycles. The Labute approximate surface area is 154 Å². The molecule has 2 N–H and O–H groups in total. The van der Waals surface area contributed by atoms with Crippen LogP contribution in [-0.4, -0.2) is 28.5 Å². The monoisotopic (exact) mass is 389 g/mol. The van der Waals surface area contributed by atoms with E-state index in [1.807, 2.05) is 13.8 Å². The van der Waals surface area contributed by atoms with Crippen LogP contribution in [0.4, 0.5) is 4.39 Å². The second-order valence-electron chi connectivity index (χ2n) is 7.09. The Morgan fingerprint density at radius 2 is 1.96 bits per heavy atom. The normalized spacial score (nSPS) is 21.2. The van der Waals surface area contributed by atoms with Gasteiger partial charge in [0.2, 0.25) is 21.7 Å². The van der Waals surface area contributed by atoms with Crippen molar-refractivity contribution in [2.75, 3.05) is 0 Å². The van der Waals surface area contributed by atoms with E-state index in [2.05, 4.69) is 20.1 Å². The average Bonchev–Trinajstić information content (AvgIpc) is 2.94. The minimum atomic E-state index is -3.79. The highest BCUT2D eigenvalue weighted by Crippen LogP contribution is 2.69. The minimum Gasteiger partial charge on any atom is -0.339 e. The van der Waals surface area contributed by atoms with Crippen LogP contribution < -0.4 is 5.14 Å². The predicted octanol–water partition coefficient (Wildman–Crippen LogP) is 2.22. The summed E-state index contributed by atoms with van der Waals surface area (Å²) in [7, 11) is -3.79. The number of nitrogens with zero attached hydrogens (tertiary/aromatic N) is 4. The number of pyridine rings is 2. The maximum atomic E-state index is 13.3. The molecular weight excluding hydrogens is 373 g/mol. The average molecular weight is 389 g/mol. The van der Waals surface area contributed by atoms with Crippen LogP contribution in [0.2, 0.25) is 0 Å². The lowest BCUT2D eigenvalue weighted by molar-refractivity contribution is 0.368. The van der Waals surface area contributed by atoms with Crippen molar-refractivity contribution in [3.8, 4) is 11.4 Å². The van der Waals surface area contributed by atoms with Crippen molar-refractivity contribution in [3.05, 3.63) is 54.2 Å². The smallest absolute Gasteiger partial charge is 0.239 e. The molecule has 0 radical (unpaired) electrons. The summed E-state index contributed by atoms with van der Waals surface area (Å²) >= 11 is 0. The van der Waals surface area contributed by atoms with E-state index in [0.717, 1.165) is 6.20 Å². The summed E-state index contributed by atoms with van der Waals surface area (Å²) in [6, 6.07) is 4.35. The van der Waals surface area contributed by atoms with Gasteiger partial charge in [0, 0.05) is 29.6 Å². The zero-order valence-electron chi connectivity index (χ0n) is 14.5. The number of halogens is 1. The van der Waals surface area contributed by atoms with Crippen molar-refractivity contribution < 1.29 is 17.3 Å². The van der Waals surface area contributed by atoms with Gasteiger partial charge >= 0.3 is 0 Å². The fourth-order valence-corrected chi connectivity index (χ4v) is 3.86. The van der Waals surface area contributed by atoms with Crippen LogP contribution in [0.1, 0.15) is 37.3 Å². The summed E-state index contributed by atoms with van der Waals surface area (Å²) in [6.45, 7) is 4.07. The van der Waals surface area contributed by atoms with Gasteiger partial charge in [-0.15, -0.1) is 0 Å². The minimum absolute atomic E-state index is 0.0223. The van der Waals surface area contributed by atoms with Crippen molar-refractivity contribution >= 4 is 10.0 Å². The lowest BCUT2D eigenvalue weighted by atomic mass is 10.1. The van der Waals surface area contributed by atoms with Gasteiger partial charge in [0.15, 0.2) is 0 Å². The molecule has 3 heterocycles. The second-order valence-corrected chi connectivity index (χ2v) is 8.65. The maximum Gasteiger partial charge on any atom is 0.239 e. The Hall–Kier alpha value is -2.72. The highest BCUT2D eigenvalue weighted by molar-refractivity contribution is 7.89. The first-order chi connectivity index (χ1) is 12.7. The molecule has 1 aliphatic carbocycles. The molecule has 1 saturated carbocycles. The van der Waals surface area contributed by atoms with Gasteiger partial charge in [-0.3, -0.25) is 9.97 Å². The molecule has 1 fully saturated rings. The molecule has 8 nitrogen and oxygen atoms in total. The third-order valence-corrected chi connectivity index (χ3v) is 5.80. The van der Waals surface area contributed by atoms with E-state index in [1.165, 1.54) is 24.5 Å². The van der Waals surface area contributed by atoms with Crippen LogP contribution in [-0.2, 0) is 10.0 Å². The van der Waals surface area contributed by atoms with Gasteiger partial charge in [0.1, 0.15) is 10.7 Å². The largest absolute Gasteiger partial charge is 0.339 e. The Morgan fingerprint density at radius 3 is 2.59 bits per heavy atom. The highest BCUT2D eigenvalue weighted by atomic mass is 32.2. The van der Waals surface area contributed by atoms with Crippen molar-refractivity contribution in [1.82, 2.24) is 20.1 Å². The number of primary sulfonamides is 1. The molecule has 1 aliphatic rings. The van der Waals surface area contributed by atoms with E-state index in [-0.39, 0.29) is 28.0 Å². The molecule has 27 heavy (non-hydrogen) atoms. The zero-order valence-corrected chi connectivity index (χ0v) is 15.3. The maximum absolute atomic E-state index is 13.3. The van der Waals surface area contributed by atoms with Gasteiger partial charge < -0.3 is 4.52 Å². The van der Waals surface area contributed by atoms with Gasteiger partial charge in [-0.1, -0.05) is 19.0 Å². The van der Waals surface area contributed by atoms with Gasteiger partial charge in [-0.25, -0.2) is 17.9 Å². The molecule has 2 atom stereocenters. The standard InChI is InChI=1S/C17H16FN5O3S/c1-17(2)13(12-4-3-11(8-21-12)27(19,24)25)14(17)16-22-15(23-26-16)9-5-10(18)7-20-6-9/h3-8,13-14H,1-2H3,(H2,19,24,25)/t13-,14+/m0/s1. The molecule has 3 aromatic rings. The van der Waals surface area contributed by atoms with Crippen LogP contribution in [0.3, 0.4) is 0 Å². The van der Waals surface area contributed by atoms with Crippen molar-refractivity contribution in [3.63, 3.8) is 0 Å². The Bertz CT molecular complexity index is 1110. The van der Waals surface area contributed by atoms with Gasteiger partial charge in [-0.2, -0.15) is 4.98 Å². The molecule has 10 heteroatoms. The number of sulfonamides is 1.